The van der Waals surface area contributed by atoms with E-state index in [2.05, 4.69) is 0 Å². The molecule has 2 nitrogen and oxygen atoms in total. The first-order chi connectivity index (χ1) is 7.96. The van der Waals surface area contributed by atoms with E-state index in [0.717, 1.165) is 0 Å². The Bertz CT molecular complexity index is 478. The minimum absolute atomic E-state index is 0.280. The summed E-state index contributed by atoms with van der Waals surface area (Å²) in [4.78, 5) is 11.6. The molecule has 0 atom stereocenters. The highest BCUT2D eigenvalue weighted by molar-refractivity contribution is 5.95. The van der Waals surface area contributed by atoms with Gasteiger partial charge in [0.1, 0.15) is 5.82 Å². The topological polar surface area (TPSA) is 43.1 Å². The molecular formula is C15H22FNO. The van der Waals surface area contributed by atoms with E-state index in [1.807, 2.05) is 41.5 Å². The molecule has 1 aromatic rings. The largest absolute Gasteiger partial charge is 0.366 e. The Morgan fingerprint density at radius 3 is 1.78 bits per heavy atom. The van der Waals surface area contributed by atoms with Crippen LogP contribution in [-0.4, -0.2) is 5.91 Å². The van der Waals surface area contributed by atoms with Crippen LogP contribution in [0.2, 0.25) is 0 Å². The van der Waals surface area contributed by atoms with E-state index in [-0.39, 0.29) is 16.6 Å². The Hall–Kier alpha value is -1.38. The fourth-order valence-corrected chi connectivity index (χ4v) is 2.29. The zero-order valence-corrected chi connectivity index (χ0v) is 12.0. The molecule has 0 aliphatic heterocycles. The van der Waals surface area contributed by atoms with Crippen LogP contribution in [0.4, 0.5) is 4.39 Å². The molecule has 0 fully saturated rings. The van der Waals surface area contributed by atoms with Crippen molar-refractivity contribution < 1.29 is 9.18 Å². The second-order valence-electron chi connectivity index (χ2n) is 6.71. The lowest BCUT2D eigenvalue weighted by Crippen LogP contribution is -2.28. The highest BCUT2D eigenvalue weighted by atomic mass is 19.1. The molecule has 0 radical (unpaired) electrons. The predicted molar refractivity (Wildman–Crippen MR) is 72.3 cm³/mol. The lowest BCUT2D eigenvalue weighted by atomic mass is 9.73. The van der Waals surface area contributed by atoms with Crippen LogP contribution in [-0.2, 0) is 10.8 Å². The van der Waals surface area contributed by atoms with E-state index in [1.165, 1.54) is 12.1 Å². The molecule has 18 heavy (non-hydrogen) atoms. The molecule has 0 saturated carbocycles. The summed E-state index contributed by atoms with van der Waals surface area (Å²) in [6, 6.07) is 2.81. The minimum atomic E-state index is -0.509. The van der Waals surface area contributed by atoms with Gasteiger partial charge in [-0.25, -0.2) is 4.39 Å². The summed E-state index contributed by atoms with van der Waals surface area (Å²) >= 11 is 0. The summed E-state index contributed by atoms with van der Waals surface area (Å²) in [5, 5.41) is 0. The third-order valence-electron chi connectivity index (χ3n) is 2.92. The maximum Gasteiger partial charge on any atom is 0.249 e. The van der Waals surface area contributed by atoms with Gasteiger partial charge in [-0.1, -0.05) is 41.5 Å². The van der Waals surface area contributed by atoms with Crippen molar-refractivity contribution >= 4 is 5.91 Å². The molecule has 1 rings (SSSR count). The highest BCUT2D eigenvalue weighted by Crippen LogP contribution is 2.37. The summed E-state index contributed by atoms with van der Waals surface area (Å²) in [6.45, 7) is 11.7. The molecule has 0 bridgehead atoms. The van der Waals surface area contributed by atoms with Crippen molar-refractivity contribution in [2.24, 2.45) is 5.73 Å². The molecule has 0 aliphatic carbocycles. The van der Waals surface area contributed by atoms with Gasteiger partial charge >= 0.3 is 0 Å². The van der Waals surface area contributed by atoms with E-state index < -0.39 is 5.91 Å². The number of rotatable bonds is 1. The number of carbonyl (C=O) groups excluding carboxylic acids is 1. The van der Waals surface area contributed by atoms with Crippen molar-refractivity contribution in [1.29, 1.82) is 0 Å². The van der Waals surface area contributed by atoms with Crippen molar-refractivity contribution in [3.05, 3.63) is 34.6 Å². The molecular weight excluding hydrogens is 229 g/mol. The Labute approximate surface area is 108 Å². The number of carbonyl (C=O) groups is 1. The predicted octanol–water partition coefficient (Wildman–Crippen LogP) is 3.52. The van der Waals surface area contributed by atoms with Crippen molar-refractivity contribution in [3.63, 3.8) is 0 Å². The SMILES string of the molecule is CC(C)(C)c1c(F)ccc(C(N)=O)c1C(C)(C)C. The van der Waals surface area contributed by atoms with Gasteiger partial charge in [-0.2, -0.15) is 0 Å². The molecule has 0 unspecified atom stereocenters. The van der Waals surface area contributed by atoms with Crippen molar-refractivity contribution in [1.82, 2.24) is 0 Å². The highest BCUT2D eigenvalue weighted by Gasteiger charge is 2.31. The molecule has 1 amide bonds. The number of primary amides is 1. The van der Waals surface area contributed by atoms with Crippen LogP contribution in [0.3, 0.4) is 0 Å². The number of hydrogen-bond donors (Lipinski definition) is 1. The Balaban J connectivity index is 3.79. The second kappa shape index (κ2) is 4.38. The maximum absolute atomic E-state index is 14.2. The zero-order chi connectivity index (χ0) is 14.3. The van der Waals surface area contributed by atoms with E-state index in [1.54, 1.807) is 0 Å². The van der Waals surface area contributed by atoms with Crippen LogP contribution in [0.15, 0.2) is 12.1 Å². The summed E-state index contributed by atoms with van der Waals surface area (Å²) < 4.78 is 14.2. The van der Waals surface area contributed by atoms with Crippen LogP contribution in [0.1, 0.15) is 63.0 Å². The van der Waals surface area contributed by atoms with E-state index >= 15 is 0 Å². The second-order valence-corrected chi connectivity index (χ2v) is 6.71. The van der Waals surface area contributed by atoms with Crippen molar-refractivity contribution in [2.75, 3.05) is 0 Å². The number of nitrogens with two attached hydrogens (primary N) is 1. The first-order valence-corrected chi connectivity index (χ1v) is 6.09. The number of hydrogen-bond acceptors (Lipinski definition) is 1. The lowest BCUT2D eigenvalue weighted by molar-refractivity contribution is 0.0998. The molecule has 0 spiro atoms. The molecule has 100 valence electrons. The van der Waals surface area contributed by atoms with Gasteiger partial charge in [-0.3, -0.25) is 4.79 Å². The molecule has 1 aromatic carbocycles. The van der Waals surface area contributed by atoms with Gasteiger partial charge in [0.05, 0.1) is 0 Å². The lowest BCUT2D eigenvalue weighted by Gasteiger charge is -2.32. The summed E-state index contributed by atoms with van der Waals surface area (Å²) in [5.74, 6) is -0.789. The Morgan fingerprint density at radius 1 is 1.00 bits per heavy atom. The Kier molecular flexibility index (Phi) is 3.57. The van der Waals surface area contributed by atoms with Gasteiger partial charge in [0.15, 0.2) is 0 Å². The number of amides is 1. The number of benzene rings is 1. The van der Waals surface area contributed by atoms with Crippen LogP contribution < -0.4 is 5.73 Å². The van der Waals surface area contributed by atoms with Crippen molar-refractivity contribution in [3.8, 4) is 0 Å². The average Bonchev–Trinajstić information content (AvgIpc) is 2.13. The van der Waals surface area contributed by atoms with Gasteiger partial charge in [-0.05, 0) is 34.1 Å². The van der Waals surface area contributed by atoms with E-state index in [9.17, 15) is 9.18 Å². The standard InChI is InChI=1S/C15H22FNO/c1-14(2,3)11-9(13(17)18)7-8-10(16)12(11)15(4,5)6/h7-8H,1-6H3,(H2,17,18). The molecule has 0 aliphatic rings. The van der Waals surface area contributed by atoms with Gasteiger partial charge in [0.25, 0.3) is 0 Å². The zero-order valence-electron chi connectivity index (χ0n) is 12.0. The van der Waals surface area contributed by atoms with Crippen LogP contribution in [0.5, 0.6) is 0 Å². The molecule has 2 N–H and O–H groups in total. The molecule has 0 aromatic heterocycles. The van der Waals surface area contributed by atoms with E-state index in [0.29, 0.717) is 16.7 Å². The van der Waals surface area contributed by atoms with Crippen LogP contribution in [0.25, 0.3) is 0 Å². The fraction of sp³-hybridized carbons (Fsp3) is 0.533. The third-order valence-corrected chi connectivity index (χ3v) is 2.92. The fourth-order valence-electron chi connectivity index (χ4n) is 2.29. The summed E-state index contributed by atoms with van der Waals surface area (Å²) in [6.07, 6.45) is 0. The molecule has 0 saturated heterocycles. The number of halogens is 1. The van der Waals surface area contributed by atoms with Crippen LogP contribution >= 0.6 is 0 Å². The summed E-state index contributed by atoms with van der Waals surface area (Å²) in [7, 11) is 0. The van der Waals surface area contributed by atoms with Crippen LogP contribution in [0, 0.1) is 5.82 Å². The first-order valence-electron chi connectivity index (χ1n) is 6.09. The van der Waals surface area contributed by atoms with Gasteiger partial charge in [0, 0.05) is 5.56 Å². The van der Waals surface area contributed by atoms with Gasteiger partial charge in [0.2, 0.25) is 5.91 Å². The minimum Gasteiger partial charge on any atom is -0.366 e. The van der Waals surface area contributed by atoms with Gasteiger partial charge < -0.3 is 5.73 Å². The van der Waals surface area contributed by atoms with Gasteiger partial charge in [-0.15, -0.1) is 0 Å². The smallest absolute Gasteiger partial charge is 0.249 e. The quantitative estimate of drug-likeness (QED) is 0.815. The Morgan fingerprint density at radius 2 is 1.44 bits per heavy atom. The summed E-state index contributed by atoms with van der Waals surface area (Å²) in [5.41, 5.74) is 6.39. The third kappa shape index (κ3) is 2.71. The normalized spacial score (nSPS) is 12.6. The monoisotopic (exact) mass is 251 g/mol. The average molecular weight is 251 g/mol. The molecule has 0 heterocycles. The van der Waals surface area contributed by atoms with Crippen molar-refractivity contribution in [2.45, 2.75) is 52.4 Å². The van der Waals surface area contributed by atoms with E-state index in [4.69, 9.17) is 5.73 Å². The maximum atomic E-state index is 14.2. The first kappa shape index (κ1) is 14.7. The molecule has 3 heteroatoms.